The highest BCUT2D eigenvalue weighted by atomic mass is 16.8. The number of fused-ring (bicyclic) bond motifs is 2. The summed E-state index contributed by atoms with van der Waals surface area (Å²) >= 11 is 0. The lowest BCUT2D eigenvalue weighted by atomic mass is 10.1. The molecule has 5 rings (SSSR count). The third-order valence-corrected chi connectivity index (χ3v) is 5.77. The largest absolute Gasteiger partial charge is 0.394 e. The van der Waals surface area contributed by atoms with Crippen molar-refractivity contribution in [3.63, 3.8) is 0 Å². The van der Waals surface area contributed by atoms with E-state index in [1.807, 2.05) is 0 Å². The van der Waals surface area contributed by atoms with Gasteiger partial charge in [0.2, 0.25) is 5.95 Å². The van der Waals surface area contributed by atoms with Gasteiger partial charge >= 0.3 is 0 Å². The van der Waals surface area contributed by atoms with Crippen LogP contribution in [0.2, 0.25) is 0 Å². The Morgan fingerprint density at radius 3 is 2.69 bits per heavy atom. The molecule has 2 aromatic heterocycles. The molecule has 8 atom stereocenters. The molecule has 3 aliphatic rings. The lowest BCUT2D eigenvalue weighted by molar-refractivity contribution is -0.220. The summed E-state index contributed by atoms with van der Waals surface area (Å²) in [5, 5.41) is 29.2. The van der Waals surface area contributed by atoms with Crippen LogP contribution in [0, 0.1) is 0 Å². The highest BCUT2D eigenvalue weighted by molar-refractivity contribution is 5.70. The highest BCUT2D eigenvalue weighted by Gasteiger charge is 2.56. The molecule has 0 unspecified atom stereocenters. The Morgan fingerprint density at radius 2 is 1.97 bits per heavy atom. The van der Waals surface area contributed by atoms with E-state index in [9.17, 15) is 20.1 Å². The molecule has 176 valence electrons. The second-order valence-corrected chi connectivity index (χ2v) is 8.45. The van der Waals surface area contributed by atoms with E-state index in [0.29, 0.717) is 0 Å². The molecular formula is C18H25N5O9. The van der Waals surface area contributed by atoms with Gasteiger partial charge in [-0.2, -0.15) is 4.98 Å². The van der Waals surface area contributed by atoms with Crippen LogP contribution in [0.3, 0.4) is 0 Å². The number of nitrogens with two attached hydrogens (primary N) is 1. The van der Waals surface area contributed by atoms with E-state index < -0.39 is 67.1 Å². The molecule has 0 spiro atoms. The van der Waals surface area contributed by atoms with Gasteiger partial charge in [0.1, 0.15) is 36.6 Å². The Bertz CT molecular complexity index is 1060. The summed E-state index contributed by atoms with van der Waals surface area (Å²) in [5.74, 6) is -0.968. The second-order valence-electron chi connectivity index (χ2n) is 8.45. The van der Waals surface area contributed by atoms with Gasteiger partial charge in [-0.3, -0.25) is 14.3 Å². The van der Waals surface area contributed by atoms with Gasteiger partial charge in [-0.1, -0.05) is 0 Å². The van der Waals surface area contributed by atoms with E-state index in [1.54, 1.807) is 18.4 Å². The van der Waals surface area contributed by atoms with Gasteiger partial charge in [-0.25, -0.2) is 4.98 Å². The molecule has 0 radical (unpaired) electrons. The maximum atomic E-state index is 12.1. The standard InChI is InChI=1S/C18H25N5O9/c1-18(2)31-11-7(4-28-16-10(26)9(25)6(3-24)30-16)29-15(12(11)32-18)23-5-20-8-13(23)21-17(19)22-14(8)27/h5-7,9-12,15-16,24-26H,3-4H2,1-2H3,(H3,19,21,22,27)/t6-,7-,9-,10-,11-,12-,15-,16-/m1/s1. The molecule has 3 saturated heterocycles. The van der Waals surface area contributed by atoms with Crippen LogP contribution in [0.15, 0.2) is 11.1 Å². The highest BCUT2D eigenvalue weighted by Crippen LogP contribution is 2.44. The zero-order valence-corrected chi connectivity index (χ0v) is 17.3. The minimum absolute atomic E-state index is 0.0630. The van der Waals surface area contributed by atoms with E-state index in [4.69, 9.17) is 29.4 Å². The number of nitrogen functional groups attached to an aromatic ring is 1. The molecule has 3 fully saturated rings. The minimum atomic E-state index is -1.33. The fourth-order valence-electron chi connectivity index (χ4n) is 4.34. The lowest BCUT2D eigenvalue weighted by Crippen LogP contribution is -2.38. The van der Waals surface area contributed by atoms with Crippen molar-refractivity contribution >= 4 is 17.1 Å². The number of aliphatic hydroxyl groups is 3. The number of anilines is 1. The number of nitrogens with one attached hydrogen (secondary N) is 1. The predicted molar refractivity (Wildman–Crippen MR) is 104 cm³/mol. The first-order valence-electron chi connectivity index (χ1n) is 10.2. The number of aliphatic hydroxyl groups excluding tert-OH is 3. The summed E-state index contributed by atoms with van der Waals surface area (Å²) in [6.07, 6.45) is -5.81. The van der Waals surface area contributed by atoms with Gasteiger partial charge in [0.05, 0.1) is 19.5 Å². The minimum Gasteiger partial charge on any atom is -0.394 e. The SMILES string of the molecule is CC1(C)O[C@@H]2[C@H](O1)[C@@H](CO[C@@H]1O[C@H](CO)[C@@H](O)[C@H]1O)O[C@H]2n1cnc2c(=O)[nH]c(N)nc21. The molecule has 2 aromatic rings. The first kappa shape index (κ1) is 21.7. The zero-order valence-electron chi connectivity index (χ0n) is 17.3. The molecule has 14 nitrogen and oxygen atoms in total. The number of imidazole rings is 1. The lowest BCUT2D eigenvalue weighted by Gasteiger charge is -2.25. The maximum Gasteiger partial charge on any atom is 0.280 e. The topological polar surface area (TPSA) is 196 Å². The van der Waals surface area contributed by atoms with Gasteiger partial charge in [-0.05, 0) is 13.8 Å². The van der Waals surface area contributed by atoms with Crippen molar-refractivity contribution in [1.82, 2.24) is 19.5 Å². The van der Waals surface area contributed by atoms with Crippen molar-refractivity contribution in [3.8, 4) is 0 Å². The van der Waals surface area contributed by atoms with Crippen molar-refractivity contribution in [1.29, 1.82) is 0 Å². The van der Waals surface area contributed by atoms with Crippen molar-refractivity contribution < 1.29 is 39.0 Å². The third kappa shape index (κ3) is 3.48. The van der Waals surface area contributed by atoms with Crippen LogP contribution in [0.4, 0.5) is 5.95 Å². The number of aromatic amines is 1. The van der Waals surface area contributed by atoms with Crippen molar-refractivity contribution in [3.05, 3.63) is 16.7 Å². The predicted octanol–water partition coefficient (Wildman–Crippen LogP) is -2.43. The Kier molecular flexibility index (Phi) is 5.22. The van der Waals surface area contributed by atoms with Crippen LogP contribution in [0.5, 0.6) is 0 Å². The fourth-order valence-corrected chi connectivity index (χ4v) is 4.34. The average molecular weight is 455 g/mol. The molecule has 0 bridgehead atoms. The summed E-state index contributed by atoms with van der Waals surface area (Å²) in [5.41, 5.74) is 5.55. The average Bonchev–Trinajstić information content (AvgIpc) is 3.43. The van der Waals surface area contributed by atoms with Gasteiger partial charge in [0.15, 0.2) is 29.5 Å². The Balaban J connectivity index is 1.39. The van der Waals surface area contributed by atoms with Crippen molar-refractivity contribution in [2.24, 2.45) is 0 Å². The number of H-pyrrole nitrogens is 1. The number of hydrogen-bond donors (Lipinski definition) is 5. The van der Waals surface area contributed by atoms with E-state index in [1.165, 1.54) is 6.33 Å². The first-order chi connectivity index (χ1) is 15.2. The Morgan fingerprint density at radius 1 is 1.22 bits per heavy atom. The molecule has 5 heterocycles. The number of aromatic nitrogens is 4. The van der Waals surface area contributed by atoms with E-state index >= 15 is 0 Å². The van der Waals surface area contributed by atoms with E-state index in [2.05, 4.69) is 15.0 Å². The molecule has 0 aliphatic carbocycles. The Labute approximate surface area is 180 Å². The molecule has 32 heavy (non-hydrogen) atoms. The normalized spacial score (nSPS) is 38.5. The number of hydrogen-bond acceptors (Lipinski definition) is 12. The summed E-state index contributed by atoms with van der Waals surface area (Å²) < 4.78 is 30.7. The van der Waals surface area contributed by atoms with Gasteiger partial charge in [-0.15, -0.1) is 0 Å². The fraction of sp³-hybridized carbons (Fsp3) is 0.722. The van der Waals surface area contributed by atoms with Crippen LogP contribution >= 0.6 is 0 Å². The van der Waals surface area contributed by atoms with Gasteiger partial charge < -0.3 is 44.7 Å². The molecular weight excluding hydrogens is 430 g/mol. The third-order valence-electron chi connectivity index (χ3n) is 5.77. The number of ether oxygens (including phenoxy) is 5. The molecule has 14 heteroatoms. The molecule has 0 aromatic carbocycles. The maximum absolute atomic E-state index is 12.1. The summed E-state index contributed by atoms with van der Waals surface area (Å²) in [6.45, 7) is 3.00. The summed E-state index contributed by atoms with van der Waals surface area (Å²) in [4.78, 5) is 22.8. The van der Waals surface area contributed by atoms with E-state index in [0.717, 1.165) is 0 Å². The Hall–Kier alpha value is -2.17. The van der Waals surface area contributed by atoms with Crippen LogP contribution in [0.25, 0.3) is 11.2 Å². The van der Waals surface area contributed by atoms with Crippen LogP contribution in [0.1, 0.15) is 20.1 Å². The smallest absolute Gasteiger partial charge is 0.280 e. The van der Waals surface area contributed by atoms with Crippen LogP contribution in [-0.4, -0.2) is 96.8 Å². The van der Waals surface area contributed by atoms with Crippen molar-refractivity contribution in [2.45, 2.75) is 68.8 Å². The summed E-state index contributed by atoms with van der Waals surface area (Å²) in [7, 11) is 0. The molecule has 0 saturated carbocycles. The zero-order chi connectivity index (χ0) is 22.8. The molecule has 6 N–H and O–H groups in total. The molecule has 0 amide bonds. The van der Waals surface area contributed by atoms with Gasteiger partial charge in [0, 0.05) is 0 Å². The number of rotatable bonds is 5. The van der Waals surface area contributed by atoms with Crippen LogP contribution in [-0.2, 0) is 23.7 Å². The van der Waals surface area contributed by atoms with Gasteiger partial charge in [0.25, 0.3) is 5.56 Å². The second kappa shape index (κ2) is 7.71. The number of nitrogens with zero attached hydrogens (tertiary/aromatic N) is 3. The quantitative estimate of drug-likeness (QED) is 0.320. The monoisotopic (exact) mass is 455 g/mol. The van der Waals surface area contributed by atoms with Crippen LogP contribution < -0.4 is 11.3 Å². The first-order valence-corrected chi connectivity index (χ1v) is 10.2. The van der Waals surface area contributed by atoms with E-state index in [-0.39, 0.29) is 23.7 Å². The molecule has 3 aliphatic heterocycles. The van der Waals surface area contributed by atoms with Crippen molar-refractivity contribution in [2.75, 3.05) is 18.9 Å². The summed E-state index contributed by atoms with van der Waals surface area (Å²) in [6, 6.07) is 0.